The fourth-order valence-electron chi connectivity index (χ4n) is 0.755. The van der Waals surface area contributed by atoms with E-state index in [4.69, 9.17) is 10.3 Å². The van der Waals surface area contributed by atoms with Crippen molar-refractivity contribution in [3.8, 4) is 0 Å². The summed E-state index contributed by atoms with van der Waals surface area (Å²) in [5.41, 5.74) is -3.55. The first kappa shape index (κ1) is 18.4. The maximum atomic E-state index is 13.4. The molecular weight excluding hydrogens is 308 g/mol. The molecule has 0 radical (unpaired) electrons. The van der Waals surface area contributed by atoms with Gasteiger partial charge in [0.05, 0.1) is 0 Å². The number of alkyl halides is 6. The third-order valence-corrected chi connectivity index (χ3v) is 3.01. The second kappa shape index (κ2) is 5.07. The third-order valence-electron chi connectivity index (χ3n) is 2.21. The van der Waals surface area contributed by atoms with E-state index in [0.29, 0.717) is 6.92 Å². The number of rotatable bonds is 6. The van der Waals surface area contributed by atoms with Crippen LogP contribution in [0.4, 0.5) is 26.3 Å². The van der Waals surface area contributed by atoms with Crippen molar-refractivity contribution in [1.82, 2.24) is 0 Å². The predicted molar refractivity (Wildman–Crippen MR) is 50.6 cm³/mol. The normalized spacial score (nSPS) is 20.7. The highest BCUT2D eigenvalue weighted by Crippen LogP contribution is 2.41. The van der Waals surface area contributed by atoms with Crippen molar-refractivity contribution in [3.63, 3.8) is 0 Å². The highest BCUT2D eigenvalue weighted by atomic mass is 32.2. The zero-order valence-corrected chi connectivity index (χ0v) is 10.4. The Kier molecular flexibility index (Phi) is 4.91. The van der Waals surface area contributed by atoms with Gasteiger partial charge in [-0.05, 0) is 13.8 Å². The molecule has 0 spiro atoms. The van der Waals surface area contributed by atoms with Gasteiger partial charge in [0, 0.05) is 6.04 Å². The Morgan fingerprint density at radius 1 is 1.21 bits per heavy atom. The van der Waals surface area contributed by atoms with E-state index in [0.717, 1.165) is 0 Å². The van der Waals surface area contributed by atoms with E-state index in [-0.39, 0.29) is 6.92 Å². The average molecular weight is 319 g/mol. The number of ether oxygens (including phenoxy) is 1. The number of hydrogen-bond donors (Lipinski definition) is 2. The average Bonchev–Trinajstić information content (AvgIpc) is 2.12. The molecule has 0 fully saturated rings. The van der Waals surface area contributed by atoms with Crippen LogP contribution < -0.4 is 5.73 Å². The van der Waals surface area contributed by atoms with Gasteiger partial charge in [-0.2, -0.15) is 26.0 Å². The van der Waals surface area contributed by atoms with Crippen LogP contribution in [0.2, 0.25) is 0 Å². The maximum Gasteiger partial charge on any atom is 0.408 e. The van der Waals surface area contributed by atoms with Gasteiger partial charge in [-0.1, -0.05) is 0 Å². The fourth-order valence-corrected chi connectivity index (χ4v) is 1.15. The van der Waals surface area contributed by atoms with Crippen molar-refractivity contribution < 1.29 is 44.0 Å². The van der Waals surface area contributed by atoms with Gasteiger partial charge in [0.1, 0.15) is 0 Å². The van der Waals surface area contributed by atoms with Gasteiger partial charge < -0.3 is 5.73 Å². The maximum absolute atomic E-state index is 13.4. The van der Waals surface area contributed by atoms with Crippen molar-refractivity contribution in [1.29, 1.82) is 0 Å². The predicted octanol–water partition coefficient (Wildman–Crippen LogP) is 1.45. The first-order chi connectivity index (χ1) is 8.06. The van der Waals surface area contributed by atoms with Gasteiger partial charge in [0.2, 0.25) is 5.67 Å². The molecule has 0 heterocycles. The molecule has 19 heavy (non-hydrogen) atoms. The lowest BCUT2D eigenvalue weighted by Gasteiger charge is -2.34. The van der Waals surface area contributed by atoms with Crippen LogP contribution in [-0.2, 0) is 14.9 Å². The Morgan fingerprint density at radius 3 is 1.84 bits per heavy atom. The quantitative estimate of drug-likeness (QED) is 0.571. The lowest BCUT2D eigenvalue weighted by atomic mass is 10.00. The molecule has 0 aromatic carbocycles. The van der Waals surface area contributed by atoms with E-state index >= 15 is 0 Å². The van der Waals surface area contributed by atoms with Crippen LogP contribution in [-0.4, -0.2) is 42.4 Å². The zero-order chi connectivity index (χ0) is 15.9. The fraction of sp³-hybridized carbons (Fsp3) is 1.00. The minimum absolute atomic E-state index is 0.106. The molecule has 0 aliphatic heterocycles. The molecule has 0 saturated carbocycles. The Morgan fingerprint density at radius 2 is 1.58 bits per heavy atom. The largest absolute Gasteiger partial charge is 0.408 e. The van der Waals surface area contributed by atoms with Crippen LogP contribution in [0, 0.1) is 0 Å². The van der Waals surface area contributed by atoms with Gasteiger partial charge >= 0.3 is 27.8 Å². The van der Waals surface area contributed by atoms with Crippen LogP contribution in [0.25, 0.3) is 0 Å². The first-order valence-electron chi connectivity index (χ1n) is 4.56. The summed E-state index contributed by atoms with van der Waals surface area (Å²) in [7, 11) is -6.03. The molecule has 3 atom stereocenters. The van der Waals surface area contributed by atoms with Crippen molar-refractivity contribution in [2.45, 2.75) is 43.3 Å². The molecule has 0 aromatic rings. The minimum Gasteiger partial charge on any atom is -0.325 e. The van der Waals surface area contributed by atoms with Crippen molar-refractivity contribution >= 4 is 10.1 Å². The highest BCUT2D eigenvalue weighted by molar-refractivity contribution is 7.86. The second-order valence-electron chi connectivity index (χ2n) is 3.88. The lowest BCUT2D eigenvalue weighted by molar-refractivity contribution is -0.416. The molecule has 3 unspecified atom stereocenters. The molecule has 5 nitrogen and oxygen atoms in total. The van der Waals surface area contributed by atoms with Crippen LogP contribution in [0.1, 0.15) is 13.8 Å². The Bertz CT molecular complexity index is 423. The van der Waals surface area contributed by atoms with Gasteiger partial charge in [-0.15, -0.1) is 0 Å². The van der Waals surface area contributed by atoms with Crippen LogP contribution >= 0.6 is 0 Å². The third kappa shape index (κ3) is 3.94. The van der Waals surface area contributed by atoms with E-state index in [2.05, 4.69) is 4.74 Å². The summed E-state index contributed by atoms with van der Waals surface area (Å²) in [4.78, 5) is 0. The number of halogens is 6. The smallest absolute Gasteiger partial charge is 0.325 e. The highest BCUT2D eigenvalue weighted by Gasteiger charge is 2.63. The van der Waals surface area contributed by atoms with E-state index < -0.39 is 39.5 Å². The Labute approximate surface area is 104 Å². The van der Waals surface area contributed by atoms with Crippen LogP contribution in [0.5, 0.6) is 0 Å². The molecule has 0 aromatic heterocycles. The minimum atomic E-state index is -6.03. The molecular formula is C7H11F6NO4S. The number of nitrogens with two attached hydrogens (primary N) is 1. The SMILES string of the molecule is CC(N)C(C)(F)C(F)(F)OC(F)(F)C(F)S(=O)(=O)O. The summed E-state index contributed by atoms with van der Waals surface area (Å²) in [5.74, 6) is 0. The summed E-state index contributed by atoms with van der Waals surface area (Å²) in [6, 6.07) is -2.00. The van der Waals surface area contributed by atoms with Crippen LogP contribution in [0.3, 0.4) is 0 Å². The van der Waals surface area contributed by atoms with Gasteiger partial charge in [0.25, 0.3) is 0 Å². The zero-order valence-electron chi connectivity index (χ0n) is 9.58. The molecule has 116 valence electrons. The van der Waals surface area contributed by atoms with Crippen molar-refractivity contribution in [2.24, 2.45) is 5.73 Å². The van der Waals surface area contributed by atoms with E-state index in [1.807, 2.05) is 0 Å². The lowest BCUT2D eigenvalue weighted by Crippen LogP contribution is -2.58. The summed E-state index contributed by atoms with van der Waals surface area (Å²) >= 11 is 0. The van der Waals surface area contributed by atoms with Crippen molar-refractivity contribution in [3.05, 3.63) is 0 Å². The molecule has 12 heteroatoms. The van der Waals surface area contributed by atoms with E-state index in [1.165, 1.54) is 0 Å². The van der Waals surface area contributed by atoms with Gasteiger partial charge in [-0.25, -0.2) is 13.5 Å². The summed E-state index contributed by atoms with van der Waals surface area (Å²) in [6.45, 7) is 0.805. The standard InChI is InChI=1S/C7H11F6NO4S/c1-3(14)5(2,9)7(12,13)18-6(10,11)4(8)19(15,16)17/h3-4H,14H2,1-2H3,(H,15,16,17). The van der Waals surface area contributed by atoms with Gasteiger partial charge in [0.15, 0.2) is 0 Å². The monoisotopic (exact) mass is 319 g/mol. The summed E-state index contributed by atoms with van der Waals surface area (Å²) in [5, 5.41) is 0. The number of hydrogen-bond acceptors (Lipinski definition) is 4. The molecule has 0 aliphatic carbocycles. The topological polar surface area (TPSA) is 89.6 Å². The molecule has 0 rings (SSSR count). The molecule has 0 saturated heterocycles. The van der Waals surface area contributed by atoms with Crippen LogP contribution in [0.15, 0.2) is 0 Å². The van der Waals surface area contributed by atoms with E-state index in [1.54, 1.807) is 0 Å². The molecule has 0 amide bonds. The van der Waals surface area contributed by atoms with Crippen molar-refractivity contribution in [2.75, 3.05) is 0 Å². The summed E-state index contributed by atoms with van der Waals surface area (Å²) in [6.07, 6.45) is -11.0. The molecule has 0 bridgehead atoms. The summed E-state index contributed by atoms with van der Waals surface area (Å²) < 4.78 is 109. The first-order valence-corrected chi connectivity index (χ1v) is 6.06. The second-order valence-corrected chi connectivity index (χ2v) is 5.32. The Hall–Kier alpha value is -0.590. The van der Waals surface area contributed by atoms with Gasteiger partial charge in [-0.3, -0.25) is 4.55 Å². The van der Waals surface area contributed by atoms with E-state index in [9.17, 15) is 34.8 Å². The molecule has 3 N–H and O–H groups in total. The Balaban J connectivity index is 5.34. The molecule has 0 aliphatic rings.